The lowest BCUT2D eigenvalue weighted by molar-refractivity contribution is 0.254. The van der Waals surface area contributed by atoms with Crippen LogP contribution < -0.4 is 0 Å². The average molecular weight is 139 g/mol. The van der Waals surface area contributed by atoms with Gasteiger partial charge in [0.2, 0.25) is 0 Å². The molecule has 2 unspecified atom stereocenters. The molecule has 0 spiro atoms. The number of rotatable bonds is 1. The van der Waals surface area contributed by atoms with E-state index in [0.717, 1.165) is 17.8 Å². The van der Waals surface area contributed by atoms with Crippen molar-refractivity contribution in [1.29, 1.82) is 0 Å². The Labute approximate surface area is 65.0 Å². The summed E-state index contributed by atoms with van der Waals surface area (Å²) in [5.74, 6) is 2.69. The average Bonchev–Trinajstić information content (AvgIpc) is 1.88. The molecule has 0 aliphatic heterocycles. The largest absolute Gasteiger partial charge is 0.0625 e. The summed E-state index contributed by atoms with van der Waals surface area (Å²) in [6.45, 7) is 7.06. The minimum Gasteiger partial charge on any atom is -0.0625 e. The smallest absolute Gasteiger partial charge is 0.0334 e. The molecule has 1 fully saturated rings. The van der Waals surface area contributed by atoms with Crippen LogP contribution in [0.2, 0.25) is 0 Å². The molecule has 1 radical (unpaired) electrons. The van der Waals surface area contributed by atoms with Crippen molar-refractivity contribution in [3.8, 4) is 0 Å². The van der Waals surface area contributed by atoms with Crippen LogP contribution in [0.5, 0.6) is 0 Å². The maximum absolute atomic E-state index is 2.53. The topological polar surface area (TPSA) is 0 Å². The molecule has 0 heterocycles. The van der Waals surface area contributed by atoms with Gasteiger partial charge in [-0.25, -0.2) is 0 Å². The van der Waals surface area contributed by atoms with Crippen molar-refractivity contribution in [3.05, 3.63) is 6.42 Å². The van der Waals surface area contributed by atoms with Crippen LogP contribution in [0.3, 0.4) is 0 Å². The molecular weight excluding hydrogens is 120 g/mol. The second kappa shape index (κ2) is 3.41. The maximum Gasteiger partial charge on any atom is -0.0334 e. The summed E-state index contributed by atoms with van der Waals surface area (Å²) in [6.07, 6.45) is 6.75. The third-order valence-electron chi connectivity index (χ3n) is 2.73. The van der Waals surface area contributed by atoms with E-state index in [4.69, 9.17) is 0 Å². The second-order valence-electron chi connectivity index (χ2n) is 3.97. The number of hydrogen-bond donors (Lipinski definition) is 0. The molecule has 0 heteroatoms. The lowest BCUT2D eigenvalue weighted by atomic mass is 9.75. The Bertz CT molecular complexity index is 94.2. The van der Waals surface area contributed by atoms with Gasteiger partial charge in [-0.2, -0.15) is 0 Å². The lowest BCUT2D eigenvalue weighted by Crippen LogP contribution is -2.22. The van der Waals surface area contributed by atoms with Crippen LogP contribution in [0, 0.1) is 24.2 Å². The van der Waals surface area contributed by atoms with E-state index in [9.17, 15) is 0 Å². The molecule has 0 aromatic rings. The molecule has 1 rings (SSSR count). The Morgan fingerprint density at radius 3 is 2.50 bits per heavy atom. The number of hydrogen-bond acceptors (Lipinski definition) is 0. The molecular formula is C10H19. The summed E-state index contributed by atoms with van der Waals surface area (Å²) in [4.78, 5) is 0. The molecule has 0 bridgehead atoms. The van der Waals surface area contributed by atoms with Gasteiger partial charge in [0, 0.05) is 0 Å². The highest BCUT2D eigenvalue weighted by Crippen LogP contribution is 2.33. The molecule has 1 saturated carbocycles. The van der Waals surface area contributed by atoms with Crippen LogP contribution in [-0.2, 0) is 0 Å². The summed E-state index contributed by atoms with van der Waals surface area (Å²) in [5, 5.41) is 0. The van der Waals surface area contributed by atoms with Crippen molar-refractivity contribution in [3.63, 3.8) is 0 Å². The predicted molar refractivity (Wildman–Crippen MR) is 45.6 cm³/mol. The third kappa shape index (κ3) is 1.74. The van der Waals surface area contributed by atoms with Crippen LogP contribution in [-0.4, -0.2) is 0 Å². The van der Waals surface area contributed by atoms with E-state index in [-0.39, 0.29) is 0 Å². The molecule has 0 N–H and O–H groups in total. The van der Waals surface area contributed by atoms with Crippen LogP contribution in [0.25, 0.3) is 0 Å². The van der Waals surface area contributed by atoms with E-state index in [0.29, 0.717) is 0 Å². The van der Waals surface area contributed by atoms with Crippen molar-refractivity contribution in [1.82, 2.24) is 0 Å². The van der Waals surface area contributed by atoms with Crippen molar-refractivity contribution < 1.29 is 0 Å². The zero-order chi connectivity index (χ0) is 7.56. The van der Waals surface area contributed by atoms with Gasteiger partial charge < -0.3 is 0 Å². The molecule has 10 heavy (non-hydrogen) atoms. The molecule has 0 saturated heterocycles. The Morgan fingerprint density at radius 2 is 2.10 bits per heavy atom. The van der Waals surface area contributed by atoms with Gasteiger partial charge in [0.15, 0.2) is 0 Å². The molecule has 0 aromatic heterocycles. The van der Waals surface area contributed by atoms with Gasteiger partial charge in [0.05, 0.1) is 0 Å². The van der Waals surface area contributed by atoms with Crippen molar-refractivity contribution >= 4 is 0 Å². The second-order valence-corrected chi connectivity index (χ2v) is 3.97. The van der Waals surface area contributed by atoms with Crippen LogP contribution >= 0.6 is 0 Å². The van der Waals surface area contributed by atoms with Crippen LogP contribution in [0.4, 0.5) is 0 Å². The van der Waals surface area contributed by atoms with Crippen LogP contribution in [0.15, 0.2) is 0 Å². The standard InChI is InChI=1S/C10H19/c1-8(2)10-7-5-4-6-9(10)3/h7-10H,4-6H2,1-3H3. The van der Waals surface area contributed by atoms with Crippen molar-refractivity contribution in [2.45, 2.75) is 40.0 Å². The summed E-state index contributed by atoms with van der Waals surface area (Å²) < 4.78 is 0. The first kappa shape index (κ1) is 8.10. The summed E-state index contributed by atoms with van der Waals surface area (Å²) in [5.41, 5.74) is 0. The lowest BCUT2D eigenvalue weighted by Gasteiger charge is -2.31. The predicted octanol–water partition coefficient (Wildman–Crippen LogP) is 3.28. The molecule has 0 amide bonds. The van der Waals surface area contributed by atoms with E-state index in [2.05, 4.69) is 27.2 Å². The fourth-order valence-electron chi connectivity index (χ4n) is 2.10. The summed E-state index contributed by atoms with van der Waals surface area (Å²) in [6, 6.07) is 0. The Hall–Kier alpha value is 0. The molecule has 1 aliphatic carbocycles. The zero-order valence-corrected chi connectivity index (χ0v) is 7.43. The van der Waals surface area contributed by atoms with Gasteiger partial charge in [0.25, 0.3) is 0 Å². The van der Waals surface area contributed by atoms with Gasteiger partial charge in [-0.1, -0.05) is 33.6 Å². The fourth-order valence-corrected chi connectivity index (χ4v) is 2.10. The van der Waals surface area contributed by atoms with Crippen molar-refractivity contribution in [2.24, 2.45) is 17.8 Å². The SMILES string of the molecule is CC(C)C1[CH]CCCC1C. The fraction of sp³-hybridized carbons (Fsp3) is 0.900. The molecule has 0 nitrogen and oxygen atoms in total. The first-order valence-electron chi connectivity index (χ1n) is 4.55. The maximum atomic E-state index is 2.53. The quantitative estimate of drug-likeness (QED) is 0.523. The normalized spacial score (nSPS) is 34.8. The van der Waals surface area contributed by atoms with E-state index >= 15 is 0 Å². The Balaban J connectivity index is 2.40. The molecule has 2 atom stereocenters. The first-order chi connectivity index (χ1) is 4.72. The molecule has 59 valence electrons. The summed E-state index contributed by atoms with van der Waals surface area (Å²) >= 11 is 0. The minimum atomic E-state index is 0.857. The highest BCUT2D eigenvalue weighted by molar-refractivity contribution is 4.86. The van der Waals surface area contributed by atoms with Gasteiger partial charge in [-0.3, -0.25) is 0 Å². The van der Waals surface area contributed by atoms with E-state index in [1.54, 1.807) is 0 Å². The van der Waals surface area contributed by atoms with Crippen molar-refractivity contribution in [2.75, 3.05) is 0 Å². The monoisotopic (exact) mass is 139 g/mol. The van der Waals surface area contributed by atoms with Crippen LogP contribution in [0.1, 0.15) is 40.0 Å². The van der Waals surface area contributed by atoms with Gasteiger partial charge >= 0.3 is 0 Å². The first-order valence-corrected chi connectivity index (χ1v) is 4.55. The van der Waals surface area contributed by atoms with Gasteiger partial charge in [-0.05, 0) is 30.6 Å². The highest BCUT2D eigenvalue weighted by atomic mass is 14.3. The van der Waals surface area contributed by atoms with E-state index < -0.39 is 0 Å². The van der Waals surface area contributed by atoms with Gasteiger partial charge in [0.1, 0.15) is 0 Å². The zero-order valence-electron chi connectivity index (χ0n) is 7.43. The van der Waals surface area contributed by atoms with Gasteiger partial charge in [-0.15, -0.1) is 0 Å². The third-order valence-corrected chi connectivity index (χ3v) is 2.73. The van der Waals surface area contributed by atoms with E-state index in [1.807, 2.05) is 0 Å². The van der Waals surface area contributed by atoms with E-state index in [1.165, 1.54) is 19.3 Å². The molecule has 0 aromatic carbocycles. The minimum absolute atomic E-state index is 0.857. The highest BCUT2D eigenvalue weighted by Gasteiger charge is 2.23. The summed E-state index contributed by atoms with van der Waals surface area (Å²) in [7, 11) is 0. The Morgan fingerprint density at radius 1 is 1.40 bits per heavy atom. The Kier molecular flexibility index (Phi) is 2.76. The molecule has 1 aliphatic rings.